The van der Waals surface area contributed by atoms with Gasteiger partial charge in [0.2, 0.25) is 0 Å². The summed E-state index contributed by atoms with van der Waals surface area (Å²) >= 11 is 3.21. The van der Waals surface area contributed by atoms with Crippen molar-refractivity contribution in [3.8, 4) is 10.7 Å². The molecule has 4 heterocycles. The average Bonchev–Trinajstić information content (AvgIpc) is 3.24. The summed E-state index contributed by atoms with van der Waals surface area (Å²) in [6.45, 7) is 1.20. The minimum absolute atomic E-state index is 0.101. The van der Waals surface area contributed by atoms with E-state index in [1.807, 2.05) is 29.0 Å². The highest BCUT2D eigenvalue weighted by Gasteiger charge is 2.24. The molecule has 1 N–H and O–H groups in total. The summed E-state index contributed by atoms with van der Waals surface area (Å²) < 4.78 is 0. The van der Waals surface area contributed by atoms with E-state index in [0.29, 0.717) is 18.9 Å². The number of nitrogens with zero attached hydrogens (tertiary/aromatic N) is 2. The lowest BCUT2D eigenvalue weighted by Gasteiger charge is -2.26. The zero-order valence-corrected chi connectivity index (χ0v) is 13.7. The first-order valence-corrected chi connectivity index (χ1v) is 8.96. The summed E-state index contributed by atoms with van der Waals surface area (Å²) in [6, 6.07) is 5.82. The Labute approximate surface area is 140 Å². The molecule has 0 aromatic carbocycles. The van der Waals surface area contributed by atoms with Gasteiger partial charge in [0.1, 0.15) is 11.4 Å². The highest BCUT2D eigenvalue weighted by atomic mass is 32.1. The molecule has 0 saturated carbocycles. The molecule has 7 heteroatoms. The van der Waals surface area contributed by atoms with Crippen molar-refractivity contribution in [3.05, 3.63) is 61.5 Å². The number of aromatic nitrogens is 2. The van der Waals surface area contributed by atoms with E-state index >= 15 is 0 Å². The average molecular weight is 343 g/mol. The number of aromatic amines is 1. The molecule has 116 valence electrons. The number of nitrogens with one attached hydrogen (secondary N) is 1. The van der Waals surface area contributed by atoms with Crippen molar-refractivity contribution < 1.29 is 4.79 Å². The molecule has 3 aromatic heterocycles. The maximum Gasteiger partial charge on any atom is 0.264 e. The SMILES string of the molecule is O=C(c1cnc(-c2cccs2)[nH]c1=O)N1CCc2sccc2C1. The van der Waals surface area contributed by atoms with Crippen LogP contribution in [-0.4, -0.2) is 27.3 Å². The first kappa shape index (κ1) is 14.3. The first-order valence-electron chi connectivity index (χ1n) is 7.20. The predicted molar refractivity (Wildman–Crippen MR) is 90.9 cm³/mol. The topological polar surface area (TPSA) is 66.1 Å². The molecule has 4 rings (SSSR count). The lowest BCUT2D eigenvalue weighted by Crippen LogP contribution is -2.38. The molecule has 0 radical (unpaired) electrons. The maximum atomic E-state index is 12.6. The second-order valence-corrected chi connectivity index (χ2v) is 7.25. The van der Waals surface area contributed by atoms with Crippen LogP contribution in [0.5, 0.6) is 0 Å². The number of hydrogen-bond acceptors (Lipinski definition) is 5. The number of carbonyl (C=O) groups excluding carboxylic acids is 1. The van der Waals surface area contributed by atoms with Crippen LogP contribution >= 0.6 is 22.7 Å². The standard InChI is InChI=1S/C16H13N3O2S2/c20-15-11(8-17-14(18-15)13-2-1-6-22-13)16(21)19-5-3-12-10(9-19)4-7-23-12/h1-2,4,6-8H,3,5,9H2,(H,17,18,20). The number of hydrogen-bond donors (Lipinski definition) is 1. The monoisotopic (exact) mass is 343 g/mol. The molecule has 0 atom stereocenters. The fraction of sp³-hybridized carbons (Fsp3) is 0.188. The normalized spacial score (nSPS) is 13.8. The van der Waals surface area contributed by atoms with Crippen molar-refractivity contribution in [2.75, 3.05) is 6.54 Å². The molecular weight excluding hydrogens is 330 g/mol. The predicted octanol–water partition coefficient (Wildman–Crippen LogP) is 2.76. The van der Waals surface area contributed by atoms with Crippen LogP contribution in [0.3, 0.4) is 0 Å². The number of amides is 1. The van der Waals surface area contributed by atoms with E-state index in [1.54, 1.807) is 16.2 Å². The van der Waals surface area contributed by atoms with E-state index in [0.717, 1.165) is 11.3 Å². The Bertz CT molecular complexity index is 912. The summed E-state index contributed by atoms with van der Waals surface area (Å²) in [5, 5.41) is 3.96. The molecule has 0 bridgehead atoms. The number of fused-ring (bicyclic) bond motifs is 1. The van der Waals surface area contributed by atoms with Gasteiger partial charge >= 0.3 is 0 Å². The van der Waals surface area contributed by atoms with Crippen molar-refractivity contribution in [1.29, 1.82) is 0 Å². The van der Waals surface area contributed by atoms with Crippen molar-refractivity contribution in [1.82, 2.24) is 14.9 Å². The highest BCUT2D eigenvalue weighted by Crippen LogP contribution is 2.25. The molecule has 0 fully saturated rings. The lowest BCUT2D eigenvalue weighted by atomic mass is 10.1. The molecule has 3 aromatic rings. The summed E-state index contributed by atoms with van der Waals surface area (Å²) in [5.74, 6) is 0.244. The van der Waals surface area contributed by atoms with Gasteiger partial charge in [0.15, 0.2) is 0 Å². The van der Waals surface area contributed by atoms with E-state index in [4.69, 9.17) is 0 Å². The first-order chi connectivity index (χ1) is 11.2. The molecule has 1 aliphatic heterocycles. The van der Waals surface area contributed by atoms with E-state index < -0.39 is 0 Å². The van der Waals surface area contributed by atoms with Gasteiger partial charge in [0, 0.05) is 24.2 Å². The van der Waals surface area contributed by atoms with Crippen LogP contribution in [0.4, 0.5) is 0 Å². The Kier molecular flexibility index (Phi) is 3.59. The summed E-state index contributed by atoms with van der Waals surface area (Å²) in [5.41, 5.74) is 0.891. The second-order valence-electron chi connectivity index (χ2n) is 5.30. The van der Waals surface area contributed by atoms with Crippen molar-refractivity contribution in [2.45, 2.75) is 13.0 Å². The molecule has 0 spiro atoms. The Hall–Kier alpha value is -2.25. The third-order valence-electron chi connectivity index (χ3n) is 3.88. The highest BCUT2D eigenvalue weighted by molar-refractivity contribution is 7.13. The molecule has 23 heavy (non-hydrogen) atoms. The lowest BCUT2D eigenvalue weighted by molar-refractivity contribution is 0.0733. The van der Waals surface area contributed by atoms with Crippen molar-refractivity contribution in [2.24, 2.45) is 0 Å². The fourth-order valence-electron chi connectivity index (χ4n) is 2.68. The van der Waals surface area contributed by atoms with E-state index in [2.05, 4.69) is 9.97 Å². The quantitative estimate of drug-likeness (QED) is 0.778. The van der Waals surface area contributed by atoms with Gasteiger partial charge in [-0.2, -0.15) is 0 Å². The van der Waals surface area contributed by atoms with Crippen molar-refractivity contribution >= 4 is 28.6 Å². The van der Waals surface area contributed by atoms with Gasteiger partial charge < -0.3 is 9.88 Å². The zero-order chi connectivity index (χ0) is 15.8. The van der Waals surface area contributed by atoms with Gasteiger partial charge in [-0.25, -0.2) is 4.98 Å². The van der Waals surface area contributed by atoms with Gasteiger partial charge in [-0.1, -0.05) is 6.07 Å². The van der Waals surface area contributed by atoms with Crippen LogP contribution < -0.4 is 5.56 Å². The number of H-pyrrole nitrogens is 1. The van der Waals surface area contributed by atoms with Gasteiger partial charge in [-0.15, -0.1) is 22.7 Å². The van der Waals surface area contributed by atoms with E-state index in [1.165, 1.54) is 28.0 Å². The summed E-state index contributed by atoms with van der Waals surface area (Å²) in [4.78, 5) is 35.8. The van der Waals surface area contributed by atoms with E-state index in [9.17, 15) is 9.59 Å². The minimum Gasteiger partial charge on any atom is -0.334 e. The Morgan fingerprint density at radius 3 is 2.96 bits per heavy atom. The van der Waals surface area contributed by atoms with Crippen LogP contribution in [0, 0.1) is 0 Å². The molecule has 1 amide bonds. The summed E-state index contributed by atoms with van der Waals surface area (Å²) in [7, 11) is 0. The smallest absolute Gasteiger partial charge is 0.264 e. The van der Waals surface area contributed by atoms with Crippen LogP contribution in [0.15, 0.2) is 40.0 Å². The van der Waals surface area contributed by atoms with Gasteiger partial charge in [-0.05, 0) is 34.9 Å². The zero-order valence-electron chi connectivity index (χ0n) is 12.1. The number of thiophene rings is 2. The Balaban J connectivity index is 1.61. The van der Waals surface area contributed by atoms with Crippen LogP contribution in [0.2, 0.25) is 0 Å². The van der Waals surface area contributed by atoms with Gasteiger partial charge in [0.25, 0.3) is 11.5 Å². The third kappa shape index (κ3) is 2.62. The van der Waals surface area contributed by atoms with Crippen LogP contribution in [0.25, 0.3) is 10.7 Å². The second kappa shape index (κ2) is 5.75. The van der Waals surface area contributed by atoms with Gasteiger partial charge in [0.05, 0.1) is 4.88 Å². The third-order valence-corrected chi connectivity index (χ3v) is 5.78. The molecule has 1 aliphatic rings. The maximum absolute atomic E-state index is 12.6. The molecule has 0 unspecified atom stereocenters. The van der Waals surface area contributed by atoms with Crippen LogP contribution in [0.1, 0.15) is 20.8 Å². The molecule has 0 saturated heterocycles. The Morgan fingerprint density at radius 2 is 2.17 bits per heavy atom. The van der Waals surface area contributed by atoms with Crippen LogP contribution in [-0.2, 0) is 13.0 Å². The van der Waals surface area contributed by atoms with Gasteiger partial charge in [-0.3, -0.25) is 9.59 Å². The van der Waals surface area contributed by atoms with Crippen molar-refractivity contribution in [3.63, 3.8) is 0 Å². The summed E-state index contributed by atoms with van der Waals surface area (Å²) in [6.07, 6.45) is 2.23. The minimum atomic E-state index is -0.385. The number of carbonyl (C=O) groups is 1. The van der Waals surface area contributed by atoms with E-state index in [-0.39, 0.29) is 17.0 Å². The largest absolute Gasteiger partial charge is 0.334 e. The molecule has 0 aliphatic carbocycles. The fourth-order valence-corrected chi connectivity index (χ4v) is 4.24. The Morgan fingerprint density at radius 1 is 1.26 bits per heavy atom. The molecular formula is C16H13N3O2S2. The number of rotatable bonds is 2. The molecule has 5 nitrogen and oxygen atoms in total.